The second kappa shape index (κ2) is 6.06. The predicted molar refractivity (Wildman–Crippen MR) is 72.6 cm³/mol. The van der Waals surface area contributed by atoms with Gasteiger partial charge in [-0.2, -0.15) is 5.26 Å². The molecule has 0 aromatic heterocycles. The molecule has 18 heavy (non-hydrogen) atoms. The predicted octanol–water partition coefficient (Wildman–Crippen LogP) is 2.13. The average Bonchev–Trinajstić information content (AvgIpc) is 2.35. The number of nitrogens with zero attached hydrogens (tertiary/aromatic N) is 3. The third kappa shape index (κ3) is 3.24. The van der Waals surface area contributed by atoms with E-state index in [4.69, 9.17) is 5.26 Å². The van der Waals surface area contributed by atoms with Crippen LogP contribution in [0, 0.1) is 11.3 Å². The summed E-state index contributed by atoms with van der Waals surface area (Å²) >= 11 is 0. The smallest absolute Gasteiger partial charge is 0.255 e. The molecule has 0 bridgehead atoms. The van der Waals surface area contributed by atoms with Gasteiger partial charge < -0.3 is 9.80 Å². The first-order chi connectivity index (χ1) is 8.47. The van der Waals surface area contributed by atoms with Crippen molar-refractivity contribution < 1.29 is 4.79 Å². The van der Waals surface area contributed by atoms with E-state index in [-0.39, 0.29) is 18.5 Å². The highest BCUT2D eigenvalue weighted by molar-refractivity contribution is 5.95. The molecule has 4 nitrogen and oxygen atoms in total. The van der Waals surface area contributed by atoms with Gasteiger partial charge in [0.15, 0.2) is 0 Å². The van der Waals surface area contributed by atoms with Crippen LogP contribution in [-0.2, 0) is 0 Å². The molecule has 0 unspecified atom stereocenters. The molecule has 96 valence electrons. The minimum absolute atomic E-state index is 0.0140. The minimum Gasteiger partial charge on any atom is -0.378 e. The van der Waals surface area contributed by atoms with Crippen molar-refractivity contribution in [2.24, 2.45) is 0 Å². The molecule has 4 heteroatoms. The second-order valence-electron chi connectivity index (χ2n) is 4.63. The Kier molecular flexibility index (Phi) is 4.73. The van der Waals surface area contributed by atoms with Crippen LogP contribution < -0.4 is 4.90 Å². The van der Waals surface area contributed by atoms with Gasteiger partial charge in [0.05, 0.1) is 6.07 Å². The van der Waals surface area contributed by atoms with E-state index < -0.39 is 0 Å². The lowest BCUT2D eigenvalue weighted by atomic mass is 10.1. The number of nitriles is 1. The molecule has 0 spiro atoms. The fraction of sp³-hybridized carbons (Fsp3) is 0.429. The van der Waals surface area contributed by atoms with Crippen LogP contribution in [0.15, 0.2) is 24.3 Å². The lowest BCUT2D eigenvalue weighted by Gasteiger charge is -2.24. The van der Waals surface area contributed by atoms with E-state index in [0.29, 0.717) is 5.56 Å². The fourth-order valence-corrected chi connectivity index (χ4v) is 1.65. The monoisotopic (exact) mass is 245 g/mol. The summed E-state index contributed by atoms with van der Waals surface area (Å²) in [6, 6.07) is 9.47. The Morgan fingerprint density at radius 2 is 2.06 bits per heavy atom. The minimum atomic E-state index is -0.102. The van der Waals surface area contributed by atoms with Gasteiger partial charge in [-0.3, -0.25) is 4.79 Å². The maximum atomic E-state index is 12.3. The molecule has 0 heterocycles. The SMILES string of the molecule is CC(C)N(CC#N)C(=O)c1cccc(N(C)C)c1. The summed E-state index contributed by atoms with van der Waals surface area (Å²) in [4.78, 5) is 15.8. The first kappa shape index (κ1) is 14.0. The summed E-state index contributed by atoms with van der Waals surface area (Å²) in [5.41, 5.74) is 1.59. The first-order valence-corrected chi connectivity index (χ1v) is 5.92. The molecule has 0 radical (unpaired) electrons. The van der Waals surface area contributed by atoms with Crippen molar-refractivity contribution in [1.82, 2.24) is 4.90 Å². The van der Waals surface area contributed by atoms with E-state index in [1.54, 1.807) is 11.0 Å². The van der Waals surface area contributed by atoms with Crippen molar-refractivity contribution in [3.63, 3.8) is 0 Å². The highest BCUT2D eigenvalue weighted by atomic mass is 16.2. The largest absolute Gasteiger partial charge is 0.378 e. The van der Waals surface area contributed by atoms with Crippen LogP contribution in [0.3, 0.4) is 0 Å². The van der Waals surface area contributed by atoms with Gasteiger partial charge in [-0.25, -0.2) is 0 Å². The van der Waals surface area contributed by atoms with Crippen molar-refractivity contribution in [2.75, 3.05) is 25.5 Å². The van der Waals surface area contributed by atoms with Gasteiger partial charge in [0.25, 0.3) is 5.91 Å². The molecule has 1 aromatic carbocycles. The fourth-order valence-electron chi connectivity index (χ4n) is 1.65. The number of hydrogen-bond acceptors (Lipinski definition) is 3. The van der Waals surface area contributed by atoms with E-state index in [9.17, 15) is 4.79 Å². The molecular formula is C14H19N3O. The molecule has 0 fully saturated rings. The van der Waals surface area contributed by atoms with E-state index in [0.717, 1.165) is 5.69 Å². The van der Waals surface area contributed by atoms with Crippen LogP contribution in [0.1, 0.15) is 24.2 Å². The topological polar surface area (TPSA) is 47.3 Å². The van der Waals surface area contributed by atoms with Crippen molar-refractivity contribution in [2.45, 2.75) is 19.9 Å². The Labute approximate surface area is 108 Å². The highest BCUT2D eigenvalue weighted by Crippen LogP contribution is 2.16. The third-order valence-corrected chi connectivity index (χ3v) is 2.73. The maximum Gasteiger partial charge on any atom is 0.255 e. The summed E-state index contributed by atoms with van der Waals surface area (Å²) in [5, 5.41) is 8.77. The first-order valence-electron chi connectivity index (χ1n) is 5.92. The van der Waals surface area contributed by atoms with Gasteiger partial charge in [-0.05, 0) is 32.0 Å². The van der Waals surface area contributed by atoms with Crippen LogP contribution in [0.5, 0.6) is 0 Å². The van der Waals surface area contributed by atoms with Crippen molar-refractivity contribution in [3.05, 3.63) is 29.8 Å². The summed E-state index contributed by atoms with van der Waals surface area (Å²) in [6.45, 7) is 3.93. The number of hydrogen-bond donors (Lipinski definition) is 0. The Hall–Kier alpha value is -2.02. The van der Waals surface area contributed by atoms with Crippen molar-refractivity contribution >= 4 is 11.6 Å². The number of benzene rings is 1. The Balaban J connectivity index is 3.02. The summed E-state index contributed by atoms with van der Waals surface area (Å²) in [5.74, 6) is -0.102. The number of anilines is 1. The maximum absolute atomic E-state index is 12.3. The van der Waals surface area contributed by atoms with Gasteiger partial charge in [-0.1, -0.05) is 6.07 Å². The molecule has 0 saturated heterocycles. The second-order valence-corrected chi connectivity index (χ2v) is 4.63. The Morgan fingerprint density at radius 1 is 1.39 bits per heavy atom. The summed E-state index contributed by atoms with van der Waals surface area (Å²) in [7, 11) is 3.86. The van der Waals surface area contributed by atoms with E-state index in [1.807, 2.05) is 57.1 Å². The van der Waals surface area contributed by atoms with Gasteiger partial charge >= 0.3 is 0 Å². The summed E-state index contributed by atoms with van der Waals surface area (Å²) in [6.07, 6.45) is 0. The standard InChI is InChI=1S/C14H19N3O/c1-11(2)17(9-8-15)14(18)12-6-5-7-13(10-12)16(3)4/h5-7,10-11H,9H2,1-4H3. The molecule has 0 aliphatic heterocycles. The zero-order chi connectivity index (χ0) is 13.7. The number of carbonyl (C=O) groups excluding carboxylic acids is 1. The van der Waals surface area contributed by atoms with Crippen LogP contribution in [0.2, 0.25) is 0 Å². The zero-order valence-electron chi connectivity index (χ0n) is 11.3. The lowest BCUT2D eigenvalue weighted by Crippen LogP contribution is -2.37. The van der Waals surface area contributed by atoms with Crippen LogP contribution in [-0.4, -0.2) is 37.5 Å². The molecule has 0 aliphatic carbocycles. The van der Waals surface area contributed by atoms with Crippen LogP contribution >= 0.6 is 0 Å². The molecule has 1 rings (SSSR count). The normalized spacial score (nSPS) is 10.0. The van der Waals surface area contributed by atoms with Gasteiger partial charge in [-0.15, -0.1) is 0 Å². The van der Waals surface area contributed by atoms with E-state index in [2.05, 4.69) is 0 Å². The molecule has 0 atom stereocenters. The van der Waals surface area contributed by atoms with Crippen LogP contribution in [0.4, 0.5) is 5.69 Å². The number of amides is 1. The number of rotatable bonds is 4. The van der Waals surface area contributed by atoms with Crippen molar-refractivity contribution in [1.29, 1.82) is 5.26 Å². The van der Waals surface area contributed by atoms with E-state index in [1.165, 1.54) is 0 Å². The lowest BCUT2D eigenvalue weighted by molar-refractivity contribution is 0.0731. The van der Waals surface area contributed by atoms with Crippen molar-refractivity contribution in [3.8, 4) is 6.07 Å². The van der Waals surface area contributed by atoms with Gasteiger partial charge in [0.2, 0.25) is 0 Å². The van der Waals surface area contributed by atoms with Gasteiger partial charge in [0.1, 0.15) is 6.54 Å². The Morgan fingerprint density at radius 3 is 2.56 bits per heavy atom. The molecule has 0 aliphatic rings. The van der Waals surface area contributed by atoms with E-state index >= 15 is 0 Å². The molecule has 0 saturated carbocycles. The third-order valence-electron chi connectivity index (χ3n) is 2.73. The van der Waals surface area contributed by atoms with Gasteiger partial charge in [0, 0.05) is 31.4 Å². The molecular weight excluding hydrogens is 226 g/mol. The number of carbonyl (C=O) groups is 1. The average molecular weight is 245 g/mol. The molecule has 1 aromatic rings. The summed E-state index contributed by atoms with van der Waals surface area (Å²) < 4.78 is 0. The van der Waals surface area contributed by atoms with Crippen LogP contribution in [0.25, 0.3) is 0 Å². The zero-order valence-corrected chi connectivity index (χ0v) is 11.3. The quantitative estimate of drug-likeness (QED) is 0.763. The molecule has 1 amide bonds. The molecule has 0 N–H and O–H groups in total. The Bertz CT molecular complexity index is 460. The highest BCUT2D eigenvalue weighted by Gasteiger charge is 2.18.